The molecule has 0 bridgehead atoms. The van der Waals surface area contributed by atoms with Crippen LogP contribution in [0.4, 0.5) is 0 Å². The second kappa shape index (κ2) is 4.65. The van der Waals surface area contributed by atoms with Crippen molar-refractivity contribution < 1.29 is 0 Å². The zero-order chi connectivity index (χ0) is 10.8. The molecule has 0 amide bonds. The maximum atomic E-state index is 6.66. The van der Waals surface area contributed by atoms with Gasteiger partial charge in [-0.15, -0.1) is 0 Å². The molecule has 0 radical (unpaired) electrons. The van der Waals surface area contributed by atoms with Gasteiger partial charge in [-0.3, -0.25) is 0 Å². The van der Waals surface area contributed by atoms with Crippen molar-refractivity contribution in [3.05, 3.63) is 0 Å². The SMILES string of the molecule is CCC(CC)C1(N)CC(C)CCC1C. The molecule has 1 aliphatic rings. The lowest BCUT2D eigenvalue weighted by Crippen LogP contribution is -2.55. The van der Waals surface area contributed by atoms with Crippen LogP contribution in [0, 0.1) is 17.8 Å². The number of rotatable bonds is 3. The molecule has 3 atom stereocenters. The van der Waals surface area contributed by atoms with Crippen LogP contribution in [0.5, 0.6) is 0 Å². The van der Waals surface area contributed by atoms with Gasteiger partial charge in [-0.25, -0.2) is 0 Å². The second-order valence-electron chi connectivity index (χ2n) is 5.41. The minimum atomic E-state index is 0.126. The molecule has 0 aromatic rings. The van der Waals surface area contributed by atoms with Gasteiger partial charge in [-0.05, 0) is 30.6 Å². The van der Waals surface area contributed by atoms with Gasteiger partial charge in [0.2, 0.25) is 0 Å². The summed E-state index contributed by atoms with van der Waals surface area (Å²) in [6.45, 7) is 9.28. The monoisotopic (exact) mass is 197 g/mol. The van der Waals surface area contributed by atoms with Crippen LogP contribution in [0.3, 0.4) is 0 Å². The molecule has 2 N–H and O–H groups in total. The first-order chi connectivity index (χ1) is 6.54. The molecule has 1 aliphatic carbocycles. The molecule has 0 aromatic carbocycles. The summed E-state index contributed by atoms with van der Waals surface area (Å²) in [5.74, 6) is 2.26. The summed E-state index contributed by atoms with van der Waals surface area (Å²) < 4.78 is 0. The van der Waals surface area contributed by atoms with Crippen molar-refractivity contribution in [1.29, 1.82) is 0 Å². The third-order valence-electron chi connectivity index (χ3n) is 4.46. The first-order valence-electron chi connectivity index (χ1n) is 6.33. The third-order valence-corrected chi connectivity index (χ3v) is 4.46. The van der Waals surface area contributed by atoms with Gasteiger partial charge in [0.25, 0.3) is 0 Å². The second-order valence-corrected chi connectivity index (χ2v) is 5.41. The van der Waals surface area contributed by atoms with Gasteiger partial charge in [0.15, 0.2) is 0 Å². The standard InChI is InChI=1S/C13H27N/c1-5-12(6-2)13(14)9-10(3)7-8-11(13)4/h10-12H,5-9,14H2,1-4H3. The molecule has 0 heterocycles. The van der Waals surface area contributed by atoms with Crippen molar-refractivity contribution >= 4 is 0 Å². The number of hydrogen-bond donors (Lipinski definition) is 1. The third kappa shape index (κ3) is 2.13. The number of hydrogen-bond acceptors (Lipinski definition) is 1. The van der Waals surface area contributed by atoms with Gasteiger partial charge in [0, 0.05) is 5.54 Å². The minimum absolute atomic E-state index is 0.126. The Morgan fingerprint density at radius 1 is 1.21 bits per heavy atom. The van der Waals surface area contributed by atoms with Gasteiger partial charge in [0.1, 0.15) is 0 Å². The molecule has 3 unspecified atom stereocenters. The Kier molecular flexibility index (Phi) is 4.00. The highest BCUT2D eigenvalue weighted by Gasteiger charge is 2.41. The summed E-state index contributed by atoms with van der Waals surface area (Å²) in [4.78, 5) is 0. The van der Waals surface area contributed by atoms with Crippen LogP contribution in [0.2, 0.25) is 0 Å². The quantitative estimate of drug-likeness (QED) is 0.735. The summed E-state index contributed by atoms with van der Waals surface area (Å²) in [7, 11) is 0. The molecule has 0 spiro atoms. The average Bonchev–Trinajstić information content (AvgIpc) is 2.14. The maximum absolute atomic E-state index is 6.66. The number of nitrogens with two attached hydrogens (primary N) is 1. The first-order valence-corrected chi connectivity index (χ1v) is 6.33. The molecule has 1 nitrogen and oxygen atoms in total. The van der Waals surface area contributed by atoms with Crippen molar-refractivity contribution in [3.8, 4) is 0 Å². The zero-order valence-corrected chi connectivity index (χ0v) is 10.3. The molecule has 1 fully saturated rings. The van der Waals surface area contributed by atoms with Crippen LogP contribution in [0.1, 0.15) is 59.8 Å². The van der Waals surface area contributed by atoms with E-state index in [0.717, 1.165) is 11.8 Å². The van der Waals surface area contributed by atoms with E-state index in [1.165, 1.54) is 32.1 Å². The van der Waals surface area contributed by atoms with Crippen LogP contribution in [-0.2, 0) is 0 Å². The Balaban J connectivity index is 2.76. The molecule has 1 rings (SSSR count). The van der Waals surface area contributed by atoms with Gasteiger partial charge in [0.05, 0.1) is 0 Å². The molecule has 0 aromatic heterocycles. The van der Waals surface area contributed by atoms with Gasteiger partial charge < -0.3 is 5.73 Å². The van der Waals surface area contributed by atoms with Gasteiger partial charge >= 0.3 is 0 Å². The molecule has 0 saturated heterocycles. The topological polar surface area (TPSA) is 26.0 Å². The summed E-state index contributed by atoms with van der Waals surface area (Å²) in [6, 6.07) is 0. The fraction of sp³-hybridized carbons (Fsp3) is 1.00. The summed E-state index contributed by atoms with van der Waals surface area (Å²) in [5.41, 5.74) is 6.78. The molecule has 0 aliphatic heterocycles. The molecule has 84 valence electrons. The van der Waals surface area contributed by atoms with Gasteiger partial charge in [-0.2, -0.15) is 0 Å². The Morgan fingerprint density at radius 3 is 2.29 bits per heavy atom. The molecular weight excluding hydrogens is 170 g/mol. The van der Waals surface area contributed by atoms with Crippen molar-refractivity contribution in [2.24, 2.45) is 23.5 Å². The molecular formula is C13H27N. The van der Waals surface area contributed by atoms with Crippen molar-refractivity contribution in [2.45, 2.75) is 65.3 Å². The van der Waals surface area contributed by atoms with Crippen molar-refractivity contribution in [2.75, 3.05) is 0 Å². The highest BCUT2D eigenvalue weighted by molar-refractivity contribution is 4.98. The summed E-state index contributed by atoms with van der Waals surface area (Å²) in [5, 5.41) is 0. The lowest BCUT2D eigenvalue weighted by atomic mass is 9.63. The average molecular weight is 197 g/mol. The predicted molar refractivity (Wildman–Crippen MR) is 63.2 cm³/mol. The van der Waals surface area contributed by atoms with E-state index in [2.05, 4.69) is 27.7 Å². The van der Waals surface area contributed by atoms with Crippen LogP contribution >= 0.6 is 0 Å². The van der Waals surface area contributed by atoms with E-state index in [1.54, 1.807) is 0 Å². The van der Waals surface area contributed by atoms with Crippen LogP contribution < -0.4 is 5.73 Å². The van der Waals surface area contributed by atoms with Crippen molar-refractivity contribution in [1.82, 2.24) is 0 Å². The zero-order valence-electron chi connectivity index (χ0n) is 10.3. The van der Waals surface area contributed by atoms with E-state index in [-0.39, 0.29) is 5.54 Å². The van der Waals surface area contributed by atoms with E-state index in [4.69, 9.17) is 5.73 Å². The molecule has 1 heteroatoms. The van der Waals surface area contributed by atoms with Crippen molar-refractivity contribution in [3.63, 3.8) is 0 Å². The smallest absolute Gasteiger partial charge is 0.0211 e. The molecule has 1 saturated carbocycles. The molecule has 14 heavy (non-hydrogen) atoms. The van der Waals surface area contributed by atoms with Crippen LogP contribution in [0.25, 0.3) is 0 Å². The lowest BCUT2D eigenvalue weighted by molar-refractivity contribution is 0.0921. The van der Waals surface area contributed by atoms with E-state index in [1.807, 2.05) is 0 Å². The maximum Gasteiger partial charge on any atom is 0.0211 e. The lowest BCUT2D eigenvalue weighted by Gasteiger charge is -2.47. The fourth-order valence-corrected chi connectivity index (χ4v) is 3.33. The summed E-state index contributed by atoms with van der Waals surface area (Å²) in [6.07, 6.45) is 6.42. The Hall–Kier alpha value is -0.0400. The van der Waals surface area contributed by atoms with E-state index >= 15 is 0 Å². The fourth-order valence-electron chi connectivity index (χ4n) is 3.33. The Labute approximate surface area is 89.5 Å². The Bertz CT molecular complexity index is 174. The minimum Gasteiger partial charge on any atom is -0.325 e. The normalized spacial score (nSPS) is 39.0. The highest BCUT2D eigenvalue weighted by Crippen LogP contribution is 2.41. The van der Waals surface area contributed by atoms with Crippen LogP contribution in [-0.4, -0.2) is 5.54 Å². The highest BCUT2D eigenvalue weighted by atomic mass is 14.8. The van der Waals surface area contributed by atoms with E-state index < -0.39 is 0 Å². The predicted octanol–water partition coefficient (Wildman–Crippen LogP) is 3.58. The van der Waals surface area contributed by atoms with E-state index in [9.17, 15) is 0 Å². The van der Waals surface area contributed by atoms with Gasteiger partial charge in [-0.1, -0.05) is 47.0 Å². The van der Waals surface area contributed by atoms with Crippen LogP contribution in [0.15, 0.2) is 0 Å². The Morgan fingerprint density at radius 2 is 1.79 bits per heavy atom. The summed E-state index contributed by atoms with van der Waals surface area (Å²) >= 11 is 0. The largest absolute Gasteiger partial charge is 0.325 e. The first kappa shape index (κ1) is 12.0. The van der Waals surface area contributed by atoms with E-state index in [0.29, 0.717) is 5.92 Å².